The molecule has 9 aromatic rings. The molecule has 9 aromatic heterocycles. The molecule has 0 bridgehead atoms. The van der Waals surface area contributed by atoms with E-state index in [2.05, 4.69) is 0 Å². The van der Waals surface area contributed by atoms with Gasteiger partial charge in [-0.15, -0.1) is 90.7 Å². The van der Waals surface area contributed by atoms with E-state index in [9.17, 15) is 29.4 Å². The van der Waals surface area contributed by atoms with Crippen molar-refractivity contribution in [2.24, 2.45) is 0 Å². The summed E-state index contributed by atoms with van der Waals surface area (Å²) >= 11 is 11.6. The van der Waals surface area contributed by atoms with E-state index in [1.807, 2.05) is 45.8 Å². The number of aromatic carboxylic acids is 2. The first kappa shape index (κ1) is 27.3. The molecule has 9 rings (SSSR count). The van der Waals surface area contributed by atoms with Crippen molar-refractivity contribution in [2.45, 2.75) is 0 Å². The summed E-state index contributed by atoms with van der Waals surface area (Å²) in [6.07, 6.45) is 0. The van der Waals surface area contributed by atoms with Crippen molar-refractivity contribution in [3.8, 4) is 9.75 Å². The fourth-order valence-electron chi connectivity index (χ4n) is 4.88. The van der Waals surface area contributed by atoms with Gasteiger partial charge in [0.25, 0.3) is 0 Å². The Kier molecular flexibility index (Phi) is 6.43. The van der Waals surface area contributed by atoms with Crippen LogP contribution >= 0.6 is 90.7 Å². The number of fused-ring (bicyclic) bond motifs is 9. The second-order valence-electron chi connectivity index (χ2n) is 8.97. The predicted molar refractivity (Wildman–Crippen MR) is 185 cm³/mol. The third-order valence-corrected chi connectivity index (χ3v) is 15.8. The second kappa shape index (κ2) is 10.1. The maximum Gasteiger partial charge on any atom is 0.349 e. The average Bonchev–Trinajstić information content (AvgIpc) is 3.77. The molecular formula is C28H10O7S8. The zero-order valence-electron chi connectivity index (χ0n) is 20.8. The highest BCUT2D eigenvalue weighted by atomic mass is 32.1. The predicted octanol–water partition coefficient (Wildman–Crippen LogP) is 10.2. The topological polar surface area (TPSA) is 122 Å². The summed E-state index contributed by atoms with van der Waals surface area (Å²) < 4.78 is 14.0. The van der Waals surface area contributed by atoms with Gasteiger partial charge in [-0.05, 0) is 45.8 Å². The Balaban J connectivity index is 0.000000129. The van der Waals surface area contributed by atoms with Crippen LogP contribution in [0.25, 0.3) is 67.5 Å². The number of rotatable bonds is 3. The van der Waals surface area contributed by atoms with Gasteiger partial charge < -0.3 is 14.6 Å². The first-order chi connectivity index (χ1) is 20.8. The van der Waals surface area contributed by atoms with Crippen LogP contribution in [0.3, 0.4) is 0 Å². The highest BCUT2D eigenvalue weighted by Gasteiger charge is 2.28. The minimum absolute atomic E-state index is 0.214. The lowest BCUT2D eigenvalue weighted by molar-refractivity contribution is 0.0687. The number of carbonyl (C=O) groups is 2. The summed E-state index contributed by atoms with van der Waals surface area (Å²) in [5.41, 5.74) is -0.633. The number of hydrogen-bond donors (Lipinski definition) is 2. The molecular weight excluding hydrogens is 705 g/mol. The van der Waals surface area contributed by atoms with E-state index in [-0.39, 0.29) is 11.1 Å². The normalized spacial score (nSPS) is 11.8. The van der Waals surface area contributed by atoms with Crippen LogP contribution in [0.4, 0.5) is 0 Å². The summed E-state index contributed by atoms with van der Waals surface area (Å²) in [6.45, 7) is 0. The van der Waals surface area contributed by atoms with E-state index in [4.69, 9.17) is 4.42 Å². The SMILES string of the molecule is O=C(O)c1c(-c2sc3ccsc3c2C(=O)O)sc2ccsc12.O=c1oc(=O)c2c3sccc3sc2c2sc3ccsc3c12. The molecule has 0 aliphatic rings. The van der Waals surface area contributed by atoms with Crippen LogP contribution in [0.2, 0.25) is 0 Å². The molecule has 0 aliphatic carbocycles. The van der Waals surface area contributed by atoms with Crippen molar-refractivity contribution in [1.29, 1.82) is 0 Å². The van der Waals surface area contributed by atoms with Gasteiger partial charge in [0.1, 0.15) is 0 Å². The lowest BCUT2D eigenvalue weighted by Gasteiger charge is -1.99. The summed E-state index contributed by atoms with van der Waals surface area (Å²) in [6, 6.07) is 7.75. The molecule has 212 valence electrons. The molecule has 2 N–H and O–H groups in total. The maximum atomic E-state index is 12.3. The maximum absolute atomic E-state index is 12.3. The Morgan fingerprint density at radius 2 is 0.860 bits per heavy atom. The fourth-order valence-corrected chi connectivity index (χ4v) is 14.5. The lowest BCUT2D eigenvalue weighted by Crippen LogP contribution is -2.04. The van der Waals surface area contributed by atoms with Gasteiger partial charge >= 0.3 is 23.2 Å². The zero-order valence-corrected chi connectivity index (χ0v) is 27.4. The Morgan fingerprint density at radius 1 is 0.512 bits per heavy atom. The number of carboxylic acid groups (broad SMARTS) is 2. The highest BCUT2D eigenvalue weighted by Crippen LogP contribution is 2.48. The van der Waals surface area contributed by atoms with Crippen LogP contribution in [-0.2, 0) is 0 Å². The first-order valence-electron chi connectivity index (χ1n) is 12.1. The summed E-state index contributed by atoms with van der Waals surface area (Å²) in [5.74, 6) is -2.03. The summed E-state index contributed by atoms with van der Waals surface area (Å²) in [5, 5.41) is 27.8. The lowest BCUT2D eigenvalue weighted by atomic mass is 10.1. The summed E-state index contributed by atoms with van der Waals surface area (Å²) in [4.78, 5) is 49.1. The van der Waals surface area contributed by atoms with Crippen molar-refractivity contribution in [3.63, 3.8) is 0 Å². The monoisotopic (exact) mass is 714 g/mol. The van der Waals surface area contributed by atoms with Crippen molar-refractivity contribution < 1.29 is 24.2 Å². The average molecular weight is 715 g/mol. The van der Waals surface area contributed by atoms with Crippen molar-refractivity contribution in [3.05, 3.63) is 77.8 Å². The molecule has 0 spiro atoms. The van der Waals surface area contributed by atoms with E-state index < -0.39 is 23.2 Å². The molecule has 0 fully saturated rings. The van der Waals surface area contributed by atoms with E-state index in [0.717, 1.165) is 37.6 Å². The van der Waals surface area contributed by atoms with Crippen LogP contribution in [0.5, 0.6) is 0 Å². The van der Waals surface area contributed by atoms with Crippen LogP contribution in [0.15, 0.2) is 59.8 Å². The Labute approximate surface area is 270 Å². The highest BCUT2D eigenvalue weighted by molar-refractivity contribution is 7.38. The Morgan fingerprint density at radius 3 is 1.23 bits per heavy atom. The molecule has 0 radical (unpaired) electrons. The Hall–Kier alpha value is -3.28. The molecule has 7 nitrogen and oxygen atoms in total. The number of hydrogen-bond acceptors (Lipinski definition) is 13. The first-order valence-corrected chi connectivity index (χ1v) is 18.8. The molecule has 9 heterocycles. The molecule has 0 unspecified atom stereocenters. The smallest absolute Gasteiger partial charge is 0.349 e. The van der Waals surface area contributed by atoms with Crippen molar-refractivity contribution in [1.82, 2.24) is 0 Å². The molecule has 15 heteroatoms. The quantitative estimate of drug-likeness (QED) is 0.187. The van der Waals surface area contributed by atoms with Gasteiger partial charge in [-0.2, -0.15) is 0 Å². The molecule has 43 heavy (non-hydrogen) atoms. The fraction of sp³-hybridized carbons (Fsp3) is 0. The van der Waals surface area contributed by atoms with Crippen LogP contribution in [0.1, 0.15) is 20.7 Å². The van der Waals surface area contributed by atoms with Crippen molar-refractivity contribution >= 4 is 160 Å². The van der Waals surface area contributed by atoms with Crippen LogP contribution < -0.4 is 11.3 Å². The van der Waals surface area contributed by atoms with Crippen molar-refractivity contribution in [2.75, 3.05) is 0 Å². The molecule has 0 aliphatic heterocycles. The number of carboxylic acids is 2. The minimum Gasteiger partial charge on any atom is -0.478 e. The standard InChI is InChI=1S/C14H6O4S4.C14H4O3S4/c15-13(16)7-9-5(1-3-19-9)21-11(7)12-8(14(17)18)10-6(22-12)2-4-20-10;15-13-7-9-5(1-3-18-9)20-11(7)12-8(14(16)17-13)10-6(21-12)2-4-19-10/h1-4H,(H,15,16)(H,17,18);1-4H. The van der Waals surface area contributed by atoms with Gasteiger partial charge in [0, 0.05) is 18.8 Å². The molecule has 0 saturated carbocycles. The summed E-state index contributed by atoms with van der Waals surface area (Å²) in [7, 11) is 0. The van der Waals surface area contributed by atoms with Gasteiger partial charge in [-0.3, -0.25) is 0 Å². The van der Waals surface area contributed by atoms with Gasteiger partial charge in [-0.25, -0.2) is 19.2 Å². The third kappa shape index (κ3) is 4.11. The largest absolute Gasteiger partial charge is 0.478 e. The van der Waals surface area contributed by atoms with Gasteiger partial charge in [0.05, 0.1) is 59.9 Å². The zero-order chi connectivity index (χ0) is 29.6. The number of thiophene rings is 8. The van der Waals surface area contributed by atoms with E-state index in [1.165, 1.54) is 68.0 Å². The second-order valence-corrected chi connectivity index (χ2v) is 16.8. The van der Waals surface area contributed by atoms with E-state index in [1.54, 1.807) is 22.7 Å². The molecule has 0 aromatic carbocycles. The molecule has 0 atom stereocenters. The third-order valence-electron chi connectivity index (χ3n) is 6.61. The van der Waals surface area contributed by atoms with E-state index >= 15 is 0 Å². The van der Waals surface area contributed by atoms with E-state index in [0.29, 0.717) is 29.9 Å². The Bertz CT molecular complexity index is 2510. The van der Waals surface area contributed by atoms with Gasteiger partial charge in [0.2, 0.25) is 0 Å². The van der Waals surface area contributed by atoms with Crippen LogP contribution in [0, 0.1) is 0 Å². The minimum atomic E-state index is -1.02. The molecule has 0 saturated heterocycles. The van der Waals surface area contributed by atoms with Gasteiger partial charge in [0.15, 0.2) is 0 Å². The molecule has 0 amide bonds. The van der Waals surface area contributed by atoms with Gasteiger partial charge in [-0.1, -0.05) is 0 Å². The van der Waals surface area contributed by atoms with Crippen LogP contribution in [-0.4, -0.2) is 22.2 Å².